The molecule has 0 amide bonds. The summed E-state index contributed by atoms with van der Waals surface area (Å²) in [5.41, 5.74) is -0.0620. The maximum atomic E-state index is 14.0. The van der Waals surface area contributed by atoms with Crippen molar-refractivity contribution in [3.63, 3.8) is 0 Å². The second-order valence-electron chi connectivity index (χ2n) is 5.20. The minimum Gasteiger partial charge on any atom is -0.477 e. The summed E-state index contributed by atoms with van der Waals surface area (Å²) in [6.07, 6.45) is 3.24. The Kier molecular flexibility index (Phi) is 3.16. The van der Waals surface area contributed by atoms with Crippen molar-refractivity contribution in [3.05, 3.63) is 39.9 Å². The number of aromatic nitrogens is 1. The molecular weight excluding hydrogens is 275 g/mol. The molecule has 1 saturated carbocycles. The quantitative estimate of drug-likeness (QED) is 0.908. The summed E-state index contributed by atoms with van der Waals surface area (Å²) in [6, 6.07) is 2.90. The van der Waals surface area contributed by atoms with E-state index < -0.39 is 17.2 Å². The van der Waals surface area contributed by atoms with Crippen molar-refractivity contribution in [2.24, 2.45) is 0 Å². The van der Waals surface area contributed by atoms with Crippen molar-refractivity contribution >= 4 is 22.6 Å². The van der Waals surface area contributed by atoms with Gasteiger partial charge < -0.3 is 15.0 Å². The van der Waals surface area contributed by atoms with E-state index in [1.165, 1.54) is 6.20 Å². The van der Waals surface area contributed by atoms with Crippen LogP contribution in [0.25, 0.3) is 10.9 Å². The Morgan fingerprint density at radius 2 is 2.19 bits per heavy atom. The molecule has 0 atom stereocenters. The molecule has 110 valence electrons. The summed E-state index contributed by atoms with van der Waals surface area (Å²) in [6.45, 7) is 2.41. The predicted molar refractivity (Wildman–Crippen MR) is 77.6 cm³/mol. The Bertz CT molecular complexity index is 794. The Balaban J connectivity index is 2.35. The van der Waals surface area contributed by atoms with E-state index in [-0.39, 0.29) is 17.0 Å². The number of pyridine rings is 1. The number of hydrogen-bond acceptors (Lipinski definition) is 3. The highest BCUT2D eigenvalue weighted by Gasteiger charge is 2.27. The Morgan fingerprint density at radius 1 is 1.48 bits per heavy atom. The number of nitrogens with zero attached hydrogens (tertiary/aromatic N) is 1. The van der Waals surface area contributed by atoms with Crippen LogP contribution in [0.1, 0.15) is 36.2 Å². The number of carbonyl (C=O) groups is 1. The highest BCUT2D eigenvalue weighted by atomic mass is 19.1. The standard InChI is InChI=1S/C15H15FN2O3/c1-2-17-12-6-13-9(5-11(12)16)14(19)10(15(20)21)7-18(13)8-3-4-8/h5-8,17H,2-4H2,1H3,(H,20,21). The zero-order chi connectivity index (χ0) is 15.1. The number of rotatable bonds is 4. The minimum atomic E-state index is -1.28. The van der Waals surface area contributed by atoms with Gasteiger partial charge in [0, 0.05) is 24.2 Å². The number of benzene rings is 1. The molecule has 1 aromatic carbocycles. The van der Waals surface area contributed by atoms with E-state index in [1.807, 2.05) is 6.92 Å². The molecule has 0 aliphatic heterocycles. The summed E-state index contributed by atoms with van der Waals surface area (Å²) >= 11 is 0. The largest absolute Gasteiger partial charge is 0.477 e. The molecule has 0 bridgehead atoms. The Labute approximate surface area is 120 Å². The van der Waals surface area contributed by atoms with Gasteiger partial charge in [-0.15, -0.1) is 0 Å². The lowest BCUT2D eigenvalue weighted by Crippen LogP contribution is -2.19. The first-order valence-electron chi connectivity index (χ1n) is 6.88. The molecule has 6 heteroatoms. The molecule has 1 fully saturated rings. The van der Waals surface area contributed by atoms with Gasteiger partial charge in [-0.1, -0.05) is 0 Å². The number of hydrogen-bond donors (Lipinski definition) is 2. The SMILES string of the molecule is CCNc1cc2c(cc1F)c(=O)c(C(=O)O)cn2C1CC1. The lowest BCUT2D eigenvalue weighted by atomic mass is 10.1. The first kappa shape index (κ1) is 13.6. The lowest BCUT2D eigenvalue weighted by Gasteiger charge is -2.14. The van der Waals surface area contributed by atoms with Crippen LogP contribution in [0, 0.1) is 5.82 Å². The van der Waals surface area contributed by atoms with Crippen molar-refractivity contribution in [1.82, 2.24) is 4.57 Å². The van der Waals surface area contributed by atoms with E-state index in [0.29, 0.717) is 17.7 Å². The van der Waals surface area contributed by atoms with Gasteiger partial charge in [0.15, 0.2) is 0 Å². The van der Waals surface area contributed by atoms with E-state index >= 15 is 0 Å². The monoisotopic (exact) mass is 290 g/mol. The second kappa shape index (κ2) is 4.87. The molecule has 0 saturated heterocycles. The number of anilines is 1. The van der Waals surface area contributed by atoms with Gasteiger partial charge in [0.05, 0.1) is 11.2 Å². The van der Waals surface area contributed by atoms with Gasteiger partial charge in [0.2, 0.25) is 5.43 Å². The summed E-state index contributed by atoms with van der Waals surface area (Å²) < 4.78 is 15.8. The van der Waals surface area contributed by atoms with Crippen LogP contribution in [0.3, 0.4) is 0 Å². The molecule has 21 heavy (non-hydrogen) atoms. The van der Waals surface area contributed by atoms with Crippen LogP contribution in [0.2, 0.25) is 0 Å². The number of fused-ring (bicyclic) bond motifs is 1. The van der Waals surface area contributed by atoms with Crippen LogP contribution in [0.4, 0.5) is 10.1 Å². The summed E-state index contributed by atoms with van der Waals surface area (Å²) in [4.78, 5) is 23.4. The average molecular weight is 290 g/mol. The second-order valence-corrected chi connectivity index (χ2v) is 5.20. The molecule has 1 aromatic heterocycles. The minimum absolute atomic E-state index is 0.112. The molecule has 3 rings (SSSR count). The van der Waals surface area contributed by atoms with Gasteiger partial charge in [-0.25, -0.2) is 9.18 Å². The number of carboxylic acids is 1. The van der Waals surface area contributed by atoms with E-state index in [4.69, 9.17) is 5.11 Å². The Hall–Kier alpha value is -2.37. The molecule has 0 radical (unpaired) electrons. The van der Waals surface area contributed by atoms with Gasteiger partial charge >= 0.3 is 5.97 Å². The number of aromatic carboxylic acids is 1. The maximum Gasteiger partial charge on any atom is 0.341 e. The normalized spacial score (nSPS) is 14.4. The van der Waals surface area contributed by atoms with Crippen LogP contribution in [-0.4, -0.2) is 22.2 Å². The molecule has 1 aliphatic carbocycles. The number of carboxylic acid groups (broad SMARTS) is 1. The highest BCUT2D eigenvalue weighted by Crippen LogP contribution is 2.37. The molecule has 0 unspecified atom stereocenters. The lowest BCUT2D eigenvalue weighted by molar-refractivity contribution is 0.0695. The number of halogens is 1. The van der Waals surface area contributed by atoms with Crippen LogP contribution in [0.15, 0.2) is 23.1 Å². The van der Waals surface area contributed by atoms with Crippen LogP contribution in [0.5, 0.6) is 0 Å². The fraction of sp³-hybridized carbons (Fsp3) is 0.333. The van der Waals surface area contributed by atoms with Gasteiger partial charge in [0.1, 0.15) is 11.4 Å². The zero-order valence-electron chi connectivity index (χ0n) is 11.5. The number of nitrogens with one attached hydrogen (secondary N) is 1. The first-order valence-corrected chi connectivity index (χ1v) is 6.88. The van der Waals surface area contributed by atoms with Crippen LogP contribution >= 0.6 is 0 Å². The summed E-state index contributed by atoms with van der Waals surface area (Å²) in [5.74, 6) is -1.83. The summed E-state index contributed by atoms with van der Waals surface area (Å²) in [7, 11) is 0. The van der Waals surface area contributed by atoms with Crippen LogP contribution in [-0.2, 0) is 0 Å². The van der Waals surface area contributed by atoms with Crippen molar-refractivity contribution in [3.8, 4) is 0 Å². The van der Waals surface area contributed by atoms with Gasteiger partial charge in [-0.3, -0.25) is 4.79 Å². The van der Waals surface area contributed by atoms with Crippen molar-refractivity contribution < 1.29 is 14.3 Å². The average Bonchev–Trinajstić information content (AvgIpc) is 3.25. The fourth-order valence-electron chi connectivity index (χ4n) is 2.50. The van der Waals surface area contributed by atoms with Crippen LogP contribution < -0.4 is 10.7 Å². The van der Waals surface area contributed by atoms with Crippen molar-refractivity contribution in [2.75, 3.05) is 11.9 Å². The molecule has 2 aromatic rings. The van der Waals surface area contributed by atoms with E-state index in [2.05, 4.69) is 5.32 Å². The molecule has 2 N–H and O–H groups in total. The van der Waals surface area contributed by atoms with Crippen molar-refractivity contribution in [1.29, 1.82) is 0 Å². The fourth-order valence-corrected chi connectivity index (χ4v) is 2.50. The molecule has 0 spiro atoms. The molecule has 5 nitrogen and oxygen atoms in total. The maximum absolute atomic E-state index is 14.0. The van der Waals surface area contributed by atoms with E-state index in [1.54, 1.807) is 10.6 Å². The Morgan fingerprint density at radius 3 is 2.76 bits per heavy atom. The smallest absolute Gasteiger partial charge is 0.341 e. The van der Waals surface area contributed by atoms with E-state index in [9.17, 15) is 14.0 Å². The predicted octanol–water partition coefficient (Wildman–Crippen LogP) is 2.61. The third kappa shape index (κ3) is 2.26. The van der Waals surface area contributed by atoms with Gasteiger partial charge in [-0.2, -0.15) is 0 Å². The molecule has 1 heterocycles. The van der Waals surface area contributed by atoms with Gasteiger partial charge in [-0.05, 0) is 31.9 Å². The summed E-state index contributed by atoms with van der Waals surface area (Å²) in [5, 5.41) is 12.2. The van der Waals surface area contributed by atoms with Crippen molar-refractivity contribution in [2.45, 2.75) is 25.8 Å². The van der Waals surface area contributed by atoms with E-state index in [0.717, 1.165) is 18.9 Å². The van der Waals surface area contributed by atoms with Gasteiger partial charge in [0.25, 0.3) is 0 Å². The third-order valence-electron chi connectivity index (χ3n) is 3.66. The third-order valence-corrected chi connectivity index (χ3v) is 3.66. The zero-order valence-corrected chi connectivity index (χ0v) is 11.5. The molecule has 1 aliphatic rings. The topological polar surface area (TPSA) is 71.3 Å². The molecular formula is C15H15FN2O3. The first-order chi connectivity index (χ1) is 10.0. The highest BCUT2D eigenvalue weighted by molar-refractivity contribution is 5.93.